The molecular weight excluding hydrogens is 213 g/mol. The molecule has 4 heteroatoms. The zero-order valence-electron chi connectivity index (χ0n) is 12.0. The van der Waals surface area contributed by atoms with Gasteiger partial charge in [0.25, 0.3) is 0 Å². The van der Waals surface area contributed by atoms with Gasteiger partial charge in [0.15, 0.2) is 0 Å². The van der Waals surface area contributed by atoms with E-state index in [0.29, 0.717) is 0 Å². The lowest BCUT2D eigenvalue weighted by molar-refractivity contribution is -0.886. The fourth-order valence-corrected chi connectivity index (χ4v) is 2.40. The monoisotopic (exact) mass is 238 g/mol. The maximum absolute atomic E-state index is 6.10. The van der Waals surface area contributed by atoms with E-state index in [1.54, 1.807) is 0 Å². The van der Waals surface area contributed by atoms with Crippen molar-refractivity contribution < 1.29 is 13.8 Å². The number of hydrogen-bond acceptors (Lipinski definition) is 2. The van der Waals surface area contributed by atoms with Crippen LogP contribution >= 0.6 is 0 Å². The van der Waals surface area contributed by atoms with Crippen molar-refractivity contribution in [3.8, 4) is 0 Å². The Hall–Kier alpha value is -0.315. The minimum absolute atomic E-state index is 0.155. The first kappa shape index (κ1) is 13.1. The summed E-state index contributed by atoms with van der Waals surface area (Å²) in [5, 5.41) is 0. The molecule has 0 atom stereocenters. The van der Waals surface area contributed by atoms with E-state index in [1.807, 2.05) is 0 Å². The van der Waals surface area contributed by atoms with Gasteiger partial charge in [0.1, 0.15) is 0 Å². The van der Waals surface area contributed by atoms with Crippen molar-refractivity contribution in [3.63, 3.8) is 0 Å². The van der Waals surface area contributed by atoms with Gasteiger partial charge in [-0.3, -0.25) is 0 Å². The SMILES string of the molecule is CC1(C)OB(C2=CCC[N+](C)(C)C2)OC1(C)C. The van der Waals surface area contributed by atoms with E-state index >= 15 is 0 Å². The van der Waals surface area contributed by atoms with Gasteiger partial charge in [-0.1, -0.05) is 6.08 Å². The lowest BCUT2D eigenvalue weighted by Gasteiger charge is -2.34. The van der Waals surface area contributed by atoms with E-state index in [2.05, 4.69) is 47.9 Å². The van der Waals surface area contributed by atoms with Gasteiger partial charge in [-0.15, -0.1) is 0 Å². The standard InChI is InChI=1S/C13H25BNO2/c1-12(2)13(3,4)17-14(16-12)11-8-7-9-15(5,6)10-11/h8H,7,9-10H2,1-6H3/q+1. The van der Waals surface area contributed by atoms with Crippen molar-refractivity contribution in [3.05, 3.63) is 11.5 Å². The molecule has 17 heavy (non-hydrogen) atoms. The summed E-state index contributed by atoms with van der Waals surface area (Å²) >= 11 is 0. The number of hydrogen-bond donors (Lipinski definition) is 0. The minimum atomic E-state index is -0.229. The quantitative estimate of drug-likeness (QED) is 0.514. The average molecular weight is 238 g/mol. The molecule has 2 rings (SSSR count). The third-order valence-corrected chi connectivity index (χ3v) is 4.31. The lowest BCUT2D eigenvalue weighted by atomic mass is 9.75. The molecule has 0 unspecified atom stereocenters. The van der Waals surface area contributed by atoms with Crippen LogP contribution in [0, 0.1) is 0 Å². The number of rotatable bonds is 1. The van der Waals surface area contributed by atoms with Crippen LogP contribution in [-0.4, -0.2) is 50.0 Å². The van der Waals surface area contributed by atoms with Crippen molar-refractivity contribution in [1.82, 2.24) is 0 Å². The summed E-state index contributed by atoms with van der Waals surface area (Å²) in [7, 11) is 4.37. The molecule has 2 aliphatic heterocycles. The van der Waals surface area contributed by atoms with Gasteiger partial charge in [-0.2, -0.15) is 0 Å². The molecule has 0 bridgehead atoms. The summed E-state index contributed by atoms with van der Waals surface area (Å²) in [6.07, 6.45) is 3.41. The Bertz CT molecular complexity index is 331. The Labute approximate surface area is 106 Å². The molecule has 0 amide bonds. The van der Waals surface area contributed by atoms with Crippen molar-refractivity contribution in [2.45, 2.75) is 45.3 Å². The normalized spacial score (nSPS) is 30.2. The molecule has 3 nitrogen and oxygen atoms in total. The molecule has 0 radical (unpaired) electrons. The predicted octanol–water partition coefficient (Wildman–Crippen LogP) is 2.02. The maximum Gasteiger partial charge on any atom is 0.496 e. The van der Waals surface area contributed by atoms with Crippen LogP contribution in [0.5, 0.6) is 0 Å². The van der Waals surface area contributed by atoms with Crippen LogP contribution in [0.3, 0.4) is 0 Å². The highest BCUT2D eigenvalue weighted by Gasteiger charge is 2.53. The maximum atomic E-state index is 6.10. The minimum Gasteiger partial charge on any atom is -0.399 e. The molecular formula is C13H25BNO2+. The molecule has 0 aromatic rings. The Morgan fingerprint density at radius 1 is 1.12 bits per heavy atom. The third-order valence-electron chi connectivity index (χ3n) is 4.31. The first-order valence-electron chi connectivity index (χ1n) is 6.50. The van der Waals surface area contributed by atoms with E-state index in [1.165, 1.54) is 12.0 Å². The zero-order chi connectivity index (χ0) is 12.9. The van der Waals surface area contributed by atoms with Gasteiger partial charge in [-0.05, 0) is 27.7 Å². The molecule has 0 aromatic carbocycles. The first-order valence-corrected chi connectivity index (χ1v) is 6.50. The topological polar surface area (TPSA) is 18.5 Å². The molecule has 0 aliphatic carbocycles. The van der Waals surface area contributed by atoms with Gasteiger partial charge in [0.05, 0.1) is 38.4 Å². The van der Waals surface area contributed by atoms with E-state index in [-0.39, 0.29) is 18.3 Å². The molecule has 1 fully saturated rings. The van der Waals surface area contributed by atoms with E-state index in [4.69, 9.17) is 9.31 Å². The molecule has 96 valence electrons. The second-order valence-electron chi connectivity index (χ2n) is 6.97. The summed E-state index contributed by atoms with van der Waals surface area (Å²) in [6, 6.07) is 0. The molecule has 2 heterocycles. The summed E-state index contributed by atoms with van der Waals surface area (Å²) in [4.78, 5) is 0. The zero-order valence-corrected chi connectivity index (χ0v) is 12.0. The Balaban J connectivity index is 2.14. The van der Waals surface area contributed by atoms with E-state index in [0.717, 1.165) is 17.4 Å². The van der Waals surface area contributed by atoms with Crippen molar-refractivity contribution in [1.29, 1.82) is 0 Å². The molecule has 0 saturated carbocycles. The van der Waals surface area contributed by atoms with Gasteiger partial charge >= 0.3 is 7.12 Å². The number of nitrogens with zero attached hydrogens (tertiary/aromatic N) is 1. The highest BCUT2D eigenvalue weighted by Crippen LogP contribution is 2.39. The second-order valence-corrected chi connectivity index (χ2v) is 6.97. The van der Waals surface area contributed by atoms with Gasteiger partial charge in [0.2, 0.25) is 0 Å². The Kier molecular flexibility index (Phi) is 2.96. The molecule has 0 aromatic heterocycles. The summed E-state index contributed by atoms with van der Waals surface area (Å²) < 4.78 is 13.2. The molecule has 0 N–H and O–H groups in total. The van der Waals surface area contributed by atoms with Crippen LogP contribution in [0.25, 0.3) is 0 Å². The third kappa shape index (κ3) is 2.44. The number of likely N-dealkylation sites (N-methyl/N-ethyl adjacent to an activating group) is 1. The van der Waals surface area contributed by atoms with Crippen molar-refractivity contribution >= 4 is 7.12 Å². The fourth-order valence-electron chi connectivity index (χ4n) is 2.40. The van der Waals surface area contributed by atoms with Crippen LogP contribution in [-0.2, 0) is 9.31 Å². The second kappa shape index (κ2) is 3.84. The Morgan fingerprint density at radius 2 is 1.65 bits per heavy atom. The van der Waals surface area contributed by atoms with Crippen molar-refractivity contribution in [2.24, 2.45) is 0 Å². The van der Waals surface area contributed by atoms with Gasteiger partial charge in [0, 0.05) is 11.9 Å². The predicted molar refractivity (Wildman–Crippen MR) is 70.6 cm³/mol. The van der Waals surface area contributed by atoms with Gasteiger partial charge in [-0.25, -0.2) is 0 Å². The Morgan fingerprint density at radius 3 is 2.12 bits per heavy atom. The van der Waals surface area contributed by atoms with Crippen LogP contribution < -0.4 is 0 Å². The molecule has 2 aliphatic rings. The van der Waals surface area contributed by atoms with E-state index < -0.39 is 0 Å². The highest BCUT2D eigenvalue weighted by atomic mass is 16.7. The summed E-state index contributed by atoms with van der Waals surface area (Å²) in [6.45, 7) is 10.7. The summed E-state index contributed by atoms with van der Waals surface area (Å²) in [5.74, 6) is 0. The van der Waals surface area contributed by atoms with Crippen LogP contribution in [0.1, 0.15) is 34.1 Å². The summed E-state index contributed by atoms with van der Waals surface area (Å²) in [5.41, 5.74) is 0.847. The largest absolute Gasteiger partial charge is 0.496 e. The van der Waals surface area contributed by atoms with Crippen LogP contribution in [0.4, 0.5) is 0 Å². The fraction of sp³-hybridized carbons (Fsp3) is 0.846. The lowest BCUT2D eigenvalue weighted by Crippen LogP contribution is -2.47. The van der Waals surface area contributed by atoms with Gasteiger partial charge < -0.3 is 13.8 Å². The van der Waals surface area contributed by atoms with E-state index in [9.17, 15) is 0 Å². The number of quaternary nitrogens is 1. The van der Waals surface area contributed by atoms with Crippen molar-refractivity contribution in [2.75, 3.05) is 27.2 Å². The molecule has 1 saturated heterocycles. The molecule has 0 spiro atoms. The van der Waals surface area contributed by atoms with Crippen LogP contribution in [0.15, 0.2) is 11.5 Å². The average Bonchev–Trinajstić information content (AvgIpc) is 2.34. The van der Waals surface area contributed by atoms with Crippen LogP contribution in [0.2, 0.25) is 0 Å². The smallest absolute Gasteiger partial charge is 0.399 e. The highest BCUT2D eigenvalue weighted by molar-refractivity contribution is 6.54. The first-order chi connectivity index (χ1) is 7.63.